The normalized spacial score (nSPS) is 26.9. The number of amides is 3. The second-order valence-corrected chi connectivity index (χ2v) is 6.57. The number of ether oxygens (including phenoxy) is 1. The summed E-state index contributed by atoms with van der Waals surface area (Å²) in [5.74, 6) is -0.199. The molecule has 0 unspecified atom stereocenters. The van der Waals surface area contributed by atoms with Gasteiger partial charge in [-0.25, -0.2) is 9.69 Å². The Bertz CT molecular complexity index is 625. The molecule has 1 aromatic carbocycles. The Kier molecular flexibility index (Phi) is 3.16. The van der Waals surface area contributed by atoms with Gasteiger partial charge in [-0.1, -0.05) is 18.0 Å². The molecule has 3 aliphatic rings. The molecule has 0 radical (unpaired) electrons. The van der Waals surface area contributed by atoms with Crippen molar-refractivity contribution >= 4 is 29.2 Å². The lowest BCUT2D eigenvalue weighted by atomic mass is 9.90. The zero-order valence-electron chi connectivity index (χ0n) is 12.1. The number of benzene rings is 1. The van der Waals surface area contributed by atoms with E-state index in [1.54, 1.807) is 29.2 Å². The minimum atomic E-state index is -0.573. The van der Waals surface area contributed by atoms with Gasteiger partial charge in [0, 0.05) is 5.02 Å². The summed E-state index contributed by atoms with van der Waals surface area (Å²) in [4.78, 5) is 28.5. The van der Waals surface area contributed by atoms with E-state index in [4.69, 9.17) is 16.3 Å². The highest BCUT2D eigenvalue weighted by atomic mass is 35.5. The first-order valence-corrected chi connectivity index (χ1v) is 8.07. The van der Waals surface area contributed by atoms with Crippen LogP contribution >= 0.6 is 11.6 Å². The molecule has 1 saturated carbocycles. The fourth-order valence-corrected chi connectivity index (χ4v) is 3.95. The van der Waals surface area contributed by atoms with Crippen molar-refractivity contribution in [3.63, 3.8) is 0 Å². The number of fused-ring (bicyclic) bond motifs is 2. The maximum absolute atomic E-state index is 12.9. The lowest BCUT2D eigenvalue weighted by Crippen LogP contribution is -2.50. The Hall–Kier alpha value is -1.59. The van der Waals surface area contributed by atoms with Crippen LogP contribution in [0.5, 0.6) is 0 Å². The Morgan fingerprint density at radius 1 is 1.09 bits per heavy atom. The number of nitrogens with zero attached hydrogens (tertiary/aromatic N) is 2. The van der Waals surface area contributed by atoms with Gasteiger partial charge in [0.1, 0.15) is 11.8 Å². The summed E-state index contributed by atoms with van der Waals surface area (Å²) in [6.45, 7) is 0.300. The summed E-state index contributed by atoms with van der Waals surface area (Å²) < 4.78 is 5.93. The van der Waals surface area contributed by atoms with Crippen LogP contribution in [0.4, 0.5) is 10.5 Å². The molecule has 1 spiro atoms. The van der Waals surface area contributed by atoms with Crippen molar-refractivity contribution in [2.45, 2.75) is 43.9 Å². The van der Waals surface area contributed by atoms with Crippen molar-refractivity contribution in [2.24, 2.45) is 0 Å². The lowest BCUT2D eigenvalue weighted by molar-refractivity contribution is -0.119. The summed E-state index contributed by atoms with van der Waals surface area (Å²) in [7, 11) is 0. The number of carbonyl (C=O) groups excluding carboxylic acids is 2. The van der Waals surface area contributed by atoms with Crippen molar-refractivity contribution in [1.29, 1.82) is 0 Å². The molecule has 0 N–H and O–H groups in total. The van der Waals surface area contributed by atoms with Crippen molar-refractivity contribution in [2.75, 3.05) is 11.5 Å². The second kappa shape index (κ2) is 4.96. The number of carbonyl (C=O) groups is 2. The molecule has 0 bridgehead atoms. The minimum Gasteiger partial charge on any atom is -0.353 e. The molecule has 116 valence electrons. The monoisotopic (exact) mass is 320 g/mol. The molecule has 2 saturated heterocycles. The van der Waals surface area contributed by atoms with E-state index in [0.29, 0.717) is 17.3 Å². The fourth-order valence-electron chi connectivity index (χ4n) is 3.82. The first kappa shape index (κ1) is 14.0. The molecule has 6 heteroatoms. The Morgan fingerprint density at radius 2 is 1.77 bits per heavy atom. The van der Waals surface area contributed by atoms with Gasteiger partial charge in [-0.15, -0.1) is 0 Å². The predicted molar refractivity (Wildman–Crippen MR) is 81.7 cm³/mol. The predicted octanol–water partition coefficient (Wildman–Crippen LogP) is 3.17. The van der Waals surface area contributed by atoms with Crippen LogP contribution in [0.25, 0.3) is 0 Å². The van der Waals surface area contributed by atoms with Crippen LogP contribution in [-0.4, -0.2) is 35.2 Å². The van der Waals surface area contributed by atoms with Crippen LogP contribution in [0.3, 0.4) is 0 Å². The number of hydrogen-bond acceptors (Lipinski definition) is 3. The van der Waals surface area contributed by atoms with Gasteiger partial charge in [0.25, 0.3) is 5.91 Å². The quantitative estimate of drug-likeness (QED) is 0.747. The van der Waals surface area contributed by atoms with Crippen LogP contribution in [0.1, 0.15) is 32.1 Å². The van der Waals surface area contributed by atoms with E-state index in [9.17, 15) is 9.59 Å². The molecule has 4 rings (SSSR count). The molecule has 3 amide bonds. The number of rotatable bonds is 1. The Morgan fingerprint density at radius 3 is 2.45 bits per heavy atom. The molecule has 22 heavy (non-hydrogen) atoms. The summed E-state index contributed by atoms with van der Waals surface area (Å²) in [5.41, 5.74) is -0.00336. The summed E-state index contributed by atoms with van der Waals surface area (Å²) in [6, 6.07) is 6.03. The van der Waals surface area contributed by atoms with E-state index in [2.05, 4.69) is 0 Å². The third-order valence-electron chi connectivity index (χ3n) is 4.88. The first-order valence-electron chi connectivity index (χ1n) is 7.69. The molecular weight excluding hydrogens is 304 g/mol. The highest BCUT2D eigenvalue weighted by molar-refractivity contribution is 6.30. The third kappa shape index (κ3) is 1.88. The third-order valence-corrected chi connectivity index (χ3v) is 5.14. The van der Waals surface area contributed by atoms with Gasteiger partial charge in [0.05, 0.1) is 12.3 Å². The molecular formula is C16H17ClN2O3. The number of anilines is 1. The minimum absolute atomic E-state index is 0.199. The molecule has 2 heterocycles. The maximum Gasteiger partial charge on any atom is 0.334 e. The fraction of sp³-hybridized carbons (Fsp3) is 0.500. The summed E-state index contributed by atoms with van der Waals surface area (Å²) >= 11 is 5.88. The van der Waals surface area contributed by atoms with Crippen LogP contribution in [0.2, 0.25) is 5.02 Å². The van der Waals surface area contributed by atoms with Gasteiger partial charge in [-0.2, -0.15) is 0 Å². The van der Waals surface area contributed by atoms with Gasteiger partial charge in [-0.3, -0.25) is 9.69 Å². The van der Waals surface area contributed by atoms with Gasteiger partial charge in [-0.05, 0) is 49.9 Å². The molecule has 2 aliphatic heterocycles. The number of imide groups is 1. The van der Waals surface area contributed by atoms with Crippen molar-refractivity contribution < 1.29 is 14.3 Å². The second-order valence-electron chi connectivity index (χ2n) is 6.14. The molecule has 5 nitrogen and oxygen atoms in total. The molecule has 1 aromatic rings. The van der Waals surface area contributed by atoms with Crippen LogP contribution in [0, 0.1) is 0 Å². The maximum atomic E-state index is 12.9. The van der Waals surface area contributed by atoms with E-state index in [1.165, 1.54) is 4.90 Å². The number of urea groups is 1. The van der Waals surface area contributed by atoms with Crippen molar-refractivity contribution in [3.8, 4) is 0 Å². The number of halogens is 1. The molecule has 3 fully saturated rings. The van der Waals surface area contributed by atoms with E-state index >= 15 is 0 Å². The van der Waals surface area contributed by atoms with Gasteiger partial charge >= 0.3 is 6.03 Å². The van der Waals surface area contributed by atoms with Crippen LogP contribution in [-0.2, 0) is 9.53 Å². The highest BCUT2D eigenvalue weighted by Gasteiger charge is 2.60. The summed E-state index contributed by atoms with van der Waals surface area (Å²) in [5, 5.41) is 0.579. The van der Waals surface area contributed by atoms with Crippen molar-refractivity contribution in [3.05, 3.63) is 29.3 Å². The smallest absolute Gasteiger partial charge is 0.334 e. The Labute approximate surface area is 133 Å². The van der Waals surface area contributed by atoms with E-state index in [1.807, 2.05) is 0 Å². The zero-order valence-corrected chi connectivity index (χ0v) is 12.9. The number of hydrogen-bond donors (Lipinski definition) is 0. The van der Waals surface area contributed by atoms with Gasteiger partial charge < -0.3 is 4.74 Å². The largest absolute Gasteiger partial charge is 0.353 e. The zero-order chi connectivity index (χ0) is 15.3. The highest BCUT2D eigenvalue weighted by Crippen LogP contribution is 2.44. The van der Waals surface area contributed by atoms with Crippen LogP contribution in [0.15, 0.2) is 24.3 Å². The average Bonchev–Trinajstić information content (AvgIpc) is 3.00. The van der Waals surface area contributed by atoms with Crippen LogP contribution < -0.4 is 4.90 Å². The van der Waals surface area contributed by atoms with Crippen molar-refractivity contribution in [1.82, 2.24) is 4.90 Å². The molecule has 1 atom stereocenters. The van der Waals surface area contributed by atoms with E-state index < -0.39 is 11.8 Å². The van der Waals surface area contributed by atoms with Gasteiger partial charge in [0.2, 0.25) is 0 Å². The summed E-state index contributed by atoms with van der Waals surface area (Å²) in [6.07, 6.45) is 4.86. The first-order chi connectivity index (χ1) is 10.6. The lowest BCUT2D eigenvalue weighted by Gasteiger charge is -2.39. The Balaban J connectivity index is 1.69. The van der Waals surface area contributed by atoms with Gasteiger partial charge in [0.15, 0.2) is 0 Å². The molecule has 0 aromatic heterocycles. The van der Waals surface area contributed by atoms with E-state index in [0.717, 1.165) is 32.1 Å². The topological polar surface area (TPSA) is 49.9 Å². The molecule has 1 aliphatic carbocycles. The average molecular weight is 321 g/mol. The SMILES string of the molecule is O=C1[C@@H]2COC3(CCCCC3)N2C(=O)N1c1ccc(Cl)cc1. The van der Waals surface area contributed by atoms with E-state index in [-0.39, 0.29) is 11.9 Å². The standard InChI is InChI=1S/C16H17ClN2O3/c17-11-4-6-12(7-5-11)18-14(20)13-10-22-16(19(13)15(18)21)8-2-1-3-9-16/h4-7,13H,1-3,8-10H2/t13-/m0/s1.